The van der Waals surface area contributed by atoms with Crippen molar-refractivity contribution in [3.8, 4) is 0 Å². The van der Waals surface area contributed by atoms with Gasteiger partial charge in [-0.15, -0.1) is 0 Å². The van der Waals surface area contributed by atoms with E-state index >= 15 is 0 Å². The van der Waals surface area contributed by atoms with Gasteiger partial charge in [-0.1, -0.05) is 43.7 Å². The van der Waals surface area contributed by atoms with Crippen LogP contribution < -0.4 is 5.32 Å². The van der Waals surface area contributed by atoms with Gasteiger partial charge in [0.1, 0.15) is 0 Å². The molecule has 1 fully saturated rings. The van der Waals surface area contributed by atoms with Gasteiger partial charge in [-0.3, -0.25) is 0 Å². The molecule has 1 heteroatoms. The van der Waals surface area contributed by atoms with Crippen molar-refractivity contribution < 1.29 is 0 Å². The van der Waals surface area contributed by atoms with Gasteiger partial charge >= 0.3 is 0 Å². The monoisotopic (exact) mass is 189 g/mol. The summed E-state index contributed by atoms with van der Waals surface area (Å²) in [5.41, 5.74) is 3.23. The highest BCUT2D eigenvalue weighted by Crippen LogP contribution is 2.58. The molecule has 1 aliphatic rings. The zero-order valence-corrected chi connectivity index (χ0v) is 9.46. The summed E-state index contributed by atoms with van der Waals surface area (Å²) in [6, 6.07) is 9.58. The van der Waals surface area contributed by atoms with E-state index < -0.39 is 0 Å². The molecule has 0 aliphatic heterocycles. The summed E-state index contributed by atoms with van der Waals surface area (Å²) in [5, 5.41) is 3.39. The number of hydrogen-bond acceptors (Lipinski definition) is 1. The van der Waals surface area contributed by atoms with Crippen molar-refractivity contribution in [2.24, 2.45) is 5.41 Å². The molecule has 2 rings (SSSR count). The summed E-state index contributed by atoms with van der Waals surface area (Å²) in [5.74, 6) is 0.688. The Labute approximate surface area is 86.5 Å². The average molecular weight is 189 g/mol. The number of rotatable bonds is 2. The fourth-order valence-corrected chi connectivity index (χ4v) is 2.57. The molecule has 14 heavy (non-hydrogen) atoms. The Kier molecular flexibility index (Phi) is 2.15. The maximum atomic E-state index is 3.39. The number of aryl methyl sites for hydroxylation is 1. The summed E-state index contributed by atoms with van der Waals surface area (Å²) in [6.07, 6.45) is 0. The fourth-order valence-electron chi connectivity index (χ4n) is 2.57. The highest BCUT2D eigenvalue weighted by Gasteiger charge is 2.57. The van der Waals surface area contributed by atoms with Crippen LogP contribution in [0.1, 0.15) is 30.9 Å². The first-order chi connectivity index (χ1) is 6.57. The Morgan fingerprint density at radius 1 is 1.14 bits per heavy atom. The van der Waals surface area contributed by atoms with Gasteiger partial charge in [-0.05, 0) is 24.9 Å². The van der Waals surface area contributed by atoms with Crippen molar-refractivity contribution in [1.82, 2.24) is 5.32 Å². The molecule has 2 unspecified atom stereocenters. The zero-order valence-electron chi connectivity index (χ0n) is 9.46. The lowest BCUT2D eigenvalue weighted by atomic mass is 10.0. The van der Waals surface area contributed by atoms with Crippen LogP contribution in [-0.2, 0) is 0 Å². The van der Waals surface area contributed by atoms with Crippen LogP contribution in [-0.4, -0.2) is 13.1 Å². The topological polar surface area (TPSA) is 12.0 Å². The first-order valence-corrected chi connectivity index (χ1v) is 5.31. The van der Waals surface area contributed by atoms with Crippen molar-refractivity contribution in [3.63, 3.8) is 0 Å². The first kappa shape index (κ1) is 9.72. The maximum Gasteiger partial charge on any atom is 0.0196 e. The molecule has 1 aromatic rings. The highest BCUT2D eigenvalue weighted by atomic mass is 15.0. The van der Waals surface area contributed by atoms with Gasteiger partial charge in [0.05, 0.1) is 0 Å². The molecule has 0 aromatic heterocycles. The highest BCUT2D eigenvalue weighted by molar-refractivity contribution is 5.35. The van der Waals surface area contributed by atoms with Crippen molar-refractivity contribution in [1.29, 1.82) is 0 Å². The molecule has 76 valence electrons. The zero-order chi connectivity index (χ0) is 10.3. The Balaban J connectivity index is 2.22. The van der Waals surface area contributed by atoms with E-state index in [2.05, 4.69) is 57.4 Å². The van der Waals surface area contributed by atoms with Gasteiger partial charge in [-0.2, -0.15) is 0 Å². The van der Waals surface area contributed by atoms with E-state index in [9.17, 15) is 0 Å². The second kappa shape index (κ2) is 3.09. The Morgan fingerprint density at radius 3 is 2.14 bits per heavy atom. The minimum atomic E-state index is 0.421. The molecular formula is C13H19N. The molecule has 0 spiro atoms. The van der Waals surface area contributed by atoms with Crippen LogP contribution in [0.4, 0.5) is 0 Å². The van der Waals surface area contributed by atoms with Gasteiger partial charge in [0.25, 0.3) is 0 Å². The van der Waals surface area contributed by atoms with Crippen LogP contribution in [0.5, 0.6) is 0 Å². The SMILES string of the molecule is CNC1C(c2ccc(C)cc2)C1(C)C. The lowest BCUT2D eigenvalue weighted by molar-refractivity contribution is 0.567. The molecule has 1 aliphatic carbocycles. The van der Waals surface area contributed by atoms with E-state index in [1.165, 1.54) is 11.1 Å². The first-order valence-electron chi connectivity index (χ1n) is 5.31. The van der Waals surface area contributed by atoms with Crippen LogP contribution in [0.25, 0.3) is 0 Å². The molecular weight excluding hydrogens is 170 g/mol. The number of nitrogens with one attached hydrogen (secondary N) is 1. The van der Waals surface area contributed by atoms with E-state index in [-0.39, 0.29) is 0 Å². The van der Waals surface area contributed by atoms with Crippen LogP contribution in [0.15, 0.2) is 24.3 Å². The van der Waals surface area contributed by atoms with Gasteiger partial charge in [-0.25, -0.2) is 0 Å². The van der Waals surface area contributed by atoms with Gasteiger partial charge in [0.2, 0.25) is 0 Å². The molecule has 0 heterocycles. The third kappa shape index (κ3) is 1.36. The predicted molar refractivity (Wildman–Crippen MR) is 60.5 cm³/mol. The van der Waals surface area contributed by atoms with Crippen LogP contribution in [0.3, 0.4) is 0 Å². The quantitative estimate of drug-likeness (QED) is 0.754. The van der Waals surface area contributed by atoms with E-state index in [1.54, 1.807) is 0 Å². The third-order valence-electron chi connectivity index (χ3n) is 3.57. The number of hydrogen-bond donors (Lipinski definition) is 1. The summed E-state index contributed by atoms with van der Waals surface area (Å²) in [4.78, 5) is 0. The standard InChI is InChI=1S/C13H19N/c1-9-5-7-10(8-6-9)11-12(14-4)13(11,2)3/h5-8,11-12,14H,1-4H3. The van der Waals surface area contributed by atoms with Crippen molar-refractivity contribution in [3.05, 3.63) is 35.4 Å². The van der Waals surface area contributed by atoms with E-state index in [0.717, 1.165) is 0 Å². The molecule has 0 amide bonds. The predicted octanol–water partition coefficient (Wildman–Crippen LogP) is 2.71. The fraction of sp³-hybridized carbons (Fsp3) is 0.538. The average Bonchev–Trinajstić information content (AvgIpc) is 2.69. The van der Waals surface area contributed by atoms with Crippen LogP contribution in [0, 0.1) is 12.3 Å². The van der Waals surface area contributed by atoms with Crippen molar-refractivity contribution >= 4 is 0 Å². The Morgan fingerprint density at radius 2 is 1.71 bits per heavy atom. The number of likely N-dealkylation sites (N-methyl/N-ethyl adjacent to an activating group) is 1. The smallest absolute Gasteiger partial charge is 0.0196 e. The van der Waals surface area contributed by atoms with Crippen LogP contribution in [0.2, 0.25) is 0 Å². The normalized spacial score (nSPS) is 28.9. The number of benzene rings is 1. The minimum absolute atomic E-state index is 0.421. The molecule has 1 saturated carbocycles. The molecule has 0 bridgehead atoms. The van der Waals surface area contributed by atoms with E-state index in [0.29, 0.717) is 17.4 Å². The van der Waals surface area contributed by atoms with Crippen molar-refractivity contribution in [2.45, 2.75) is 32.7 Å². The third-order valence-corrected chi connectivity index (χ3v) is 3.57. The summed E-state index contributed by atoms with van der Waals surface area (Å²) < 4.78 is 0. The van der Waals surface area contributed by atoms with E-state index in [4.69, 9.17) is 0 Å². The molecule has 0 saturated heterocycles. The lowest BCUT2D eigenvalue weighted by Crippen LogP contribution is -2.14. The molecule has 1 nitrogen and oxygen atoms in total. The second-order valence-corrected chi connectivity index (χ2v) is 4.98. The van der Waals surface area contributed by atoms with Gasteiger partial charge in [0.15, 0.2) is 0 Å². The minimum Gasteiger partial charge on any atom is -0.316 e. The summed E-state index contributed by atoms with van der Waals surface area (Å²) >= 11 is 0. The summed E-state index contributed by atoms with van der Waals surface area (Å²) in [6.45, 7) is 6.80. The molecule has 1 aromatic carbocycles. The van der Waals surface area contributed by atoms with Gasteiger partial charge in [0, 0.05) is 12.0 Å². The largest absolute Gasteiger partial charge is 0.316 e. The maximum absolute atomic E-state index is 3.39. The molecule has 2 atom stereocenters. The lowest BCUT2D eigenvalue weighted by Gasteiger charge is -2.02. The second-order valence-electron chi connectivity index (χ2n) is 4.98. The molecule has 1 N–H and O–H groups in total. The van der Waals surface area contributed by atoms with Crippen molar-refractivity contribution in [2.75, 3.05) is 7.05 Å². The van der Waals surface area contributed by atoms with Crippen LogP contribution >= 0.6 is 0 Å². The van der Waals surface area contributed by atoms with Gasteiger partial charge < -0.3 is 5.32 Å². The van der Waals surface area contributed by atoms with E-state index in [1.807, 2.05) is 0 Å². The Hall–Kier alpha value is -0.820. The molecule has 0 radical (unpaired) electrons. The Bertz CT molecular complexity index is 324. The summed E-state index contributed by atoms with van der Waals surface area (Å²) in [7, 11) is 2.06.